The zero-order chi connectivity index (χ0) is 12.6. The average Bonchev–Trinajstić information content (AvgIpc) is 2.64. The first kappa shape index (κ1) is 11.9. The van der Waals surface area contributed by atoms with E-state index < -0.39 is 0 Å². The molecule has 0 aliphatic carbocycles. The highest BCUT2D eigenvalue weighted by molar-refractivity contribution is 6.32. The average molecular weight is 251 g/mol. The number of rotatable bonds is 2. The third-order valence-electron chi connectivity index (χ3n) is 2.50. The van der Waals surface area contributed by atoms with E-state index in [4.69, 9.17) is 17.3 Å². The van der Waals surface area contributed by atoms with Crippen LogP contribution < -0.4 is 5.73 Å². The summed E-state index contributed by atoms with van der Waals surface area (Å²) in [5, 5.41) is 5.06. The Kier molecular flexibility index (Phi) is 3.07. The van der Waals surface area contributed by atoms with Crippen LogP contribution in [0.15, 0.2) is 18.2 Å². The smallest absolute Gasteiger partial charge is 0.153 e. The lowest BCUT2D eigenvalue weighted by atomic mass is 10.2. The maximum Gasteiger partial charge on any atom is 0.153 e. The molecule has 0 spiro atoms. The van der Waals surface area contributed by atoms with Crippen molar-refractivity contribution in [1.82, 2.24) is 14.8 Å². The van der Waals surface area contributed by atoms with Crippen molar-refractivity contribution < 1.29 is 0 Å². The van der Waals surface area contributed by atoms with Crippen LogP contribution in [0.25, 0.3) is 5.69 Å². The Balaban J connectivity index is 2.56. The van der Waals surface area contributed by atoms with E-state index in [2.05, 4.69) is 23.9 Å². The van der Waals surface area contributed by atoms with Gasteiger partial charge in [0, 0.05) is 11.6 Å². The van der Waals surface area contributed by atoms with Gasteiger partial charge in [0.05, 0.1) is 10.7 Å². The molecular formula is C12H15ClN4. The molecule has 4 nitrogen and oxygen atoms in total. The lowest BCUT2D eigenvalue weighted by Gasteiger charge is -2.06. The molecule has 0 bridgehead atoms. The maximum absolute atomic E-state index is 6.15. The first-order chi connectivity index (χ1) is 7.99. The lowest BCUT2D eigenvalue weighted by molar-refractivity contribution is 0.751. The van der Waals surface area contributed by atoms with Gasteiger partial charge in [0.1, 0.15) is 5.82 Å². The number of nitrogens with zero attached hydrogens (tertiary/aromatic N) is 3. The molecule has 2 rings (SSSR count). The number of benzene rings is 1. The summed E-state index contributed by atoms with van der Waals surface area (Å²) in [7, 11) is 0. The molecule has 0 atom stereocenters. The van der Waals surface area contributed by atoms with Crippen molar-refractivity contribution in [2.45, 2.75) is 26.7 Å². The quantitative estimate of drug-likeness (QED) is 0.834. The van der Waals surface area contributed by atoms with Gasteiger partial charge in [-0.05, 0) is 25.1 Å². The standard InChI is InChI=1S/C12H15ClN4/c1-7(2)12-15-8(3)17(16-12)11-6-9(14)4-5-10(11)13/h4-7H,14H2,1-3H3. The molecule has 90 valence electrons. The molecule has 1 heterocycles. The molecule has 1 aromatic carbocycles. The van der Waals surface area contributed by atoms with Gasteiger partial charge in [-0.3, -0.25) is 0 Å². The number of aromatic nitrogens is 3. The molecule has 0 radical (unpaired) electrons. The highest BCUT2D eigenvalue weighted by Crippen LogP contribution is 2.24. The molecule has 0 aliphatic rings. The predicted octanol–water partition coefficient (Wildman–Crippen LogP) is 2.93. The van der Waals surface area contributed by atoms with Crippen molar-refractivity contribution in [2.75, 3.05) is 5.73 Å². The van der Waals surface area contributed by atoms with Gasteiger partial charge in [-0.1, -0.05) is 25.4 Å². The Morgan fingerprint density at radius 1 is 1.35 bits per heavy atom. The molecule has 0 unspecified atom stereocenters. The summed E-state index contributed by atoms with van der Waals surface area (Å²) >= 11 is 6.15. The van der Waals surface area contributed by atoms with Gasteiger partial charge in [0.2, 0.25) is 0 Å². The zero-order valence-electron chi connectivity index (χ0n) is 10.1. The van der Waals surface area contributed by atoms with Gasteiger partial charge in [-0.25, -0.2) is 9.67 Å². The van der Waals surface area contributed by atoms with E-state index in [9.17, 15) is 0 Å². The van der Waals surface area contributed by atoms with Crippen LogP contribution in [0.4, 0.5) is 5.69 Å². The topological polar surface area (TPSA) is 56.7 Å². The van der Waals surface area contributed by atoms with Crippen LogP contribution >= 0.6 is 11.6 Å². The number of halogens is 1. The molecule has 0 saturated carbocycles. The Hall–Kier alpha value is -1.55. The summed E-state index contributed by atoms with van der Waals surface area (Å²) in [5.74, 6) is 1.90. The van der Waals surface area contributed by atoms with Crippen molar-refractivity contribution in [1.29, 1.82) is 0 Å². The first-order valence-electron chi connectivity index (χ1n) is 5.48. The molecule has 0 saturated heterocycles. The monoisotopic (exact) mass is 250 g/mol. The van der Waals surface area contributed by atoms with Crippen LogP contribution in [-0.4, -0.2) is 14.8 Å². The Bertz CT molecular complexity index is 545. The van der Waals surface area contributed by atoms with Crippen LogP contribution in [-0.2, 0) is 0 Å². The van der Waals surface area contributed by atoms with Gasteiger partial charge < -0.3 is 5.73 Å². The van der Waals surface area contributed by atoms with E-state index in [1.54, 1.807) is 22.9 Å². The highest BCUT2D eigenvalue weighted by atomic mass is 35.5. The Labute approximate surface area is 105 Å². The van der Waals surface area contributed by atoms with E-state index >= 15 is 0 Å². The van der Waals surface area contributed by atoms with Crippen LogP contribution in [0.1, 0.15) is 31.4 Å². The third-order valence-corrected chi connectivity index (χ3v) is 2.82. The summed E-state index contributed by atoms with van der Waals surface area (Å²) in [4.78, 5) is 4.41. The van der Waals surface area contributed by atoms with Crippen molar-refractivity contribution in [3.8, 4) is 5.69 Å². The summed E-state index contributed by atoms with van der Waals surface area (Å²) in [5.41, 5.74) is 7.19. The summed E-state index contributed by atoms with van der Waals surface area (Å²) in [6.07, 6.45) is 0. The van der Waals surface area contributed by atoms with Crippen LogP contribution in [0.5, 0.6) is 0 Å². The normalized spacial score (nSPS) is 11.1. The van der Waals surface area contributed by atoms with Gasteiger partial charge in [-0.15, -0.1) is 0 Å². The molecule has 0 fully saturated rings. The van der Waals surface area contributed by atoms with Crippen molar-refractivity contribution in [3.63, 3.8) is 0 Å². The third kappa shape index (κ3) is 2.26. The van der Waals surface area contributed by atoms with Crippen LogP contribution in [0.3, 0.4) is 0 Å². The molecule has 17 heavy (non-hydrogen) atoms. The molecule has 2 N–H and O–H groups in total. The van der Waals surface area contributed by atoms with E-state index in [-0.39, 0.29) is 5.92 Å². The van der Waals surface area contributed by atoms with Crippen LogP contribution in [0.2, 0.25) is 5.02 Å². The minimum absolute atomic E-state index is 0.287. The largest absolute Gasteiger partial charge is 0.399 e. The lowest BCUT2D eigenvalue weighted by Crippen LogP contribution is -2.02. The molecule has 2 aromatic rings. The highest BCUT2D eigenvalue weighted by Gasteiger charge is 2.13. The minimum atomic E-state index is 0.287. The van der Waals surface area contributed by atoms with Gasteiger partial charge >= 0.3 is 0 Å². The van der Waals surface area contributed by atoms with E-state index in [0.29, 0.717) is 10.7 Å². The Morgan fingerprint density at radius 2 is 2.06 bits per heavy atom. The van der Waals surface area contributed by atoms with E-state index in [0.717, 1.165) is 17.3 Å². The van der Waals surface area contributed by atoms with Crippen molar-refractivity contribution in [3.05, 3.63) is 34.9 Å². The summed E-state index contributed by atoms with van der Waals surface area (Å²) in [6.45, 7) is 6.01. The number of hydrogen-bond donors (Lipinski definition) is 1. The van der Waals surface area contributed by atoms with Gasteiger partial charge in [-0.2, -0.15) is 5.10 Å². The molecule has 1 aromatic heterocycles. The summed E-state index contributed by atoms with van der Waals surface area (Å²) in [6, 6.07) is 5.33. The molecule has 5 heteroatoms. The molecule has 0 amide bonds. The first-order valence-corrected chi connectivity index (χ1v) is 5.86. The molecule has 0 aliphatic heterocycles. The number of nitrogens with two attached hydrogens (primary N) is 1. The maximum atomic E-state index is 6.15. The fraction of sp³-hybridized carbons (Fsp3) is 0.333. The predicted molar refractivity (Wildman–Crippen MR) is 69.6 cm³/mol. The van der Waals surface area contributed by atoms with E-state index in [1.807, 2.05) is 6.92 Å². The van der Waals surface area contributed by atoms with Crippen molar-refractivity contribution >= 4 is 17.3 Å². The van der Waals surface area contributed by atoms with Gasteiger partial charge in [0.25, 0.3) is 0 Å². The fourth-order valence-electron chi connectivity index (χ4n) is 1.58. The fourth-order valence-corrected chi connectivity index (χ4v) is 1.77. The zero-order valence-corrected chi connectivity index (χ0v) is 10.9. The Morgan fingerprint density at radius 3 is 2.65 bits per heavy atom. The number of anilines is 1. The second kappa shape index (κ2) is 4.37. The van der Waals surface area contributed by atoms with Gasteiger partial charge in [0.15, 0.2) is 5.82 Å². The van der Waals surface area contributed by atoms with Crippen LogP contribution in [0, 0.1) is 6.92 Å². The molecular weight excluding hydrogens is 236 g/mol. The number of aryl methyl sites for hydroxylation is 1. The SMILES string of the molecule is Cc1nc(C(C)C)nn1-c1cc(N)ccc1Cl. The number of hydrogen-bond acceptors (Lipinski definition) is 3. The second-order valence-corrected chi connectivity index (χ2v) is 4.70. The minimum Gasteiger partial charge on any atom is -0.399 e. The number of nitrogen functional groups attached to an aromatic ring is 1. The van der Waals surface area contributed by atoms with E-state index in [1.165, 1.54) is 0 Å². The second-order valence-electron chi connectivity index (χ2n) is 4.29. The summed E-state index contributed by atoms with van der Waals surface area (Å²) < 4.78 is 1.73. The van der Waals surface area contributed by atoms with Crippen molar-refractivity contribution in [2.24, 2.45) is 0 Å².